The number of rotatable bonds is 5. The van der Waals surface area contributed by atoms with Crippen molar-refractivity contribution >= 4 is 29.0 Å². The number of aromatic nitrogens is 1. The molecule has 0 fully saturated rings. The Balaban J connectivity index is 2.14. The van der Waals surface area contributed by atoms with Crippen molar-refractivity contribution < 1.29 is 4.79 Å². The largest absolute Gasteiger partial charge is 0.370 e. The Labute approximate surface area is 129 Å². The van der Waals surface area contributed by atoms with Gasteiger partial charge in [-0.05, 0) is 37.6 Å². The molecule has 0 unspecified atom stereocenters. The summed E-state index contributed by atoms with van der Waals surface area (Å²) < 4.78 is 0. The van der Waals surface area contributed by atoms with Crippen LogP contribution < -0.4 is 10.6 Å². The van der Waals surface area contributed by atoms with E-state index in [4.69, 9.17) is 11.6 Å². The Morgan fingerprint density at radius 3 is 2.62 bits per heavy atom. The normalized spacial score (nSPS) is 10.2. The second kappa shape index (κ2) is 7.09. The molecule has 110 valence electrons. The molecule has 0 radical (unpaired) electrons. The summed E-state index contributed by atoms with van der Waals surface area (Å²) >= 11 is 5.97. The molecule has 21 heavy (non-hydrogen) atoms. The van der Waals surface area contributed by atoms with Crippen LogP contribution in [-0.2, 0) is 0 Å². The van der Waals surface area contributed by atoms with Gasteiger partial charge in [-0.1, -0.05) is 36.2 Å². The van der Waals surface area contributed by atoms with E-state index >= 15 is 0 Å². The molecule has 0 spiro atoms. The highest BCUT2D eigenvalue weighted by atomic mass is 35.5. The third-order valence-electron chi connectivity index (χ3n) is 2.92. The first-order valence-electron chi connectivity index (χ1n) is 6.88. The summed E-state index contributed by atoms with van der Waals surface area (Å²) in [6, 6.07) is 10.9. The minimum atomic E-state index is -0.206. The zero-order chi connectivity index (χ0) is 15.2. The molecule has 2 aromatic rings. The summed E-state index contributed by atoms with van der Waals surface area (Å²) in [7, 11) is 0. The standard InChI is InChI=1S/C16H18ClN3O/c1-3-8-18-15-10-12(9-14(17)20-15)16(21)19-13-6-4-11(2)5-7-13/h4-7,9-10H,3,8H2,1-2H3,(H,18,20)(H,19,21). The Bertz CT molecular complexity index is 626. The molecule has 0 atom stereocenters. The summed E-state index contributed by atoms with van der Waals surface area (Å²) in [5, 5.41) is 6.27. The molecule has 5 heteroatoms. The van der Waals surface area contributed by atoms with Crippen molar-refractivity contribution in [1.82, 2.24) is 4.98 Å². The molecule has 2 rings (SSSR count). The monoisotopic (exact) mass is 303 g/mol. The molecule has 0 aliphatic heterocycles. The predicted molar refractivity (Wildman–Crippen MR) is 87.2 cm³/mol. The average Bonchev–Trinajstić information content (AvgIpc) is 2.47. The van der Waals surface area contributed by atoms with E-state index in [1.807, 2.05) is 31.2 Å². The first-order valence-corrected chi connectivity index (χ1v) is 7.26. The highest BCUT2D eigenvalue weighted by Gasteiger charge is 2.09. The van der Waals surface area contributed by atoms with Crippen molar-refractivity contribution in [3.63, 3.8) is 0 Å². The quantitative estimate of drug-likeness (QED) is 0.817. The van der Waals surface area contributed by atoms with Gasteiger partial charge in [0, 0.05) is 17.8 Å². The van der Waals surface area contributed by atoms with E-state index in [2.05, 4.69) is 22.5 Å². The lowest BCUT2D eigenvalue weighted by Crippen LogP contribution is -2.13. The number of hydrogen-bond acceptors (Lipinski definition) is 3. The lowest BCUT2D eigenvalue weighted by molar-refractivity contribution is 0.102. The smallest absolute Gasteiger partial charge is 0.255 e. The number of carbonyl (C=O) groups is 1. The van der Waals surface area contributed by atoms with E-state index in [1.165, 1.54) is 0 Å². The lowest BCUT2D eigenvalue weighted by atomic mass is 10.2. The Kier molecular flexibility index (Phi) is 5.17. The van der Waals surface area contributed by atoms with E-state index in [0.717, 1.165) is 24.2 Å². The minimum absolute atomic E-state index is 0.206. The van der Waals surface area contributed by atoms with Crippen molar-refractivity contribution in [3.8, 4) is 0 Å². The molecule has 1 amide bonds. The van der Waals surface area contributed by atoms with Crippen LogP contribution in [0.1, 0.15) is 29.3 Å². The first kappa shape index (κ1) is 15.3. The van der Waals surface area contributed by atoms with E-state index in [1.54, 1.807) is 12.1 Å². The maximum absolute atomic E-state index is 12.3. The highest BCUT2D eigenvalue weighted by molar-refractivity contribution is 6.30. The van der Waals surface area contributed by atoms with Crippen LogP contribution in [0, 0.1) is 6.92 Å². The molecule has 2 N–H and O–H groups in total. The molecule has 0 bridgehead atoms. The fraction of sp³-hybridized carbons (Fsp3) is 0.250. The van der Waals surface area contributed by atoms with Crippen molar-refractivity contribution in [2.75, 3.05) is 17.2 Å². The molecule has 0 saturated carbocycles. The van der Waals surface area contributed by atoms with Crippen LogP contribution in [0.5, 0.6) is 0 Å². The SMILES string of the molecule is CCCNc1cc(C(=O)Nc2ccc(C)cc2)cc(Cl)n1. The molecule has 0 saturated heterocycles. The number of pyridine rings is 1. The molecule has 4 nitrogen and oxygen atoms in total. The maximum Gasteiger partial charge on any atom is 0.255 e. The van der Waals surface area contributed by atoms with Gasteiger partial charge >= 0.3 is 0 Å². The van der Waals surface area contributed by atoms with E-state index in [9.17, 15) is 4.79 Å². The Morgan fingerprint density at radius 1 is 1.24 bits per heavy atom. The van der Waals surface area contributed by atoms with E-state index in [0.29, 0.717) is 16.5 Å². The third kappa shape index (κ3) is 4.46. The summed E-state index contributed by atoms with van der Waals surface area (Å²) in [6.45, 7) is 4.84. The number of aryl methyl sites for hydroxylation is 1. The van der Waals surface area contributed by atoms with Crippen molar-refractivity contribution in [2.45, 2.75) is 20.3 Å². The number of nitrogens with zero attached hydrogens (tertiary/aromatic N) is 1. The predicted octanol–water partition coefficient (Wildman–Crippen LogP) is 4.12. The van der Waals surface area contributed by atoms with Gasteiger partial charge in [0.2, 0.25) is 0 Å². The summed E-state index contributed by atoms with van der Waals surface area (Å²) in [5.41, 5.74) is 2.38. The number of amides is 1. The van der Waals surface area contributed by atoms with Gasteiger partial charge in [0.05, 0.1) is 0 Å². The average molecular weight is 304 g/mol. The zero-order valence-corrected chi connectivity index (χ0v) is 12.9. The van der Waals surface area contributed by atoms with Crippen LogP contribution in [0.25, 0.3) is 0 Å². The lowest BCUT2D eigenvalue weighted by Gasteiger charge is -2.09. The fourth-order valence-corrected chi connectivity index (χ4v) is 2.02. The third-order valence-corrected chi connectivity index (χ3v) is 3.12. The van der Waals surface area contributed by atoms with Gasteiger partial charge in [0.15, 0.2) is 0 Å². The van der Waals surface area contributed by atoms with Crippen LogP contribution in [0.15, 0.2) is 36.4 Å². The molecule has 1 aromatic heterocycles. The molecule has 0 aliphatic rings. The molecule has 0 aliphatic carbocycles. The fourth-order valence-electron chi connectivity index (χ4n) is 1.81. The summed E-state index contributed by atoms with van der Waals surface area (Å²) in [6.07, 6.45) is 0.971. The Morgan fingerprint density at radius 2 is 1.95 bits per heavy atom. The van der Waals surface area contributed by atoms with Gasteiger partial charge in [-0.3, -0.25) is 4.79 Å². The van der Waals surface area contributed by atoms with E-state index < -0.39 is 0 Å². The minimum Gasteiger partial charge on any atom is -0.370 e. The van der Waals surface area contributed by atoms with Gasteiger partial charge in [-0.25, -0.2) is 4.98 Å². The molecule has 1 aromatic carbocycles. The number of hydrogen-bond donors (Lipinski definition) is 2. The number of carbonyl (C=O) groups excluding carboxylic acids is 1. The Hall–Kier alpha value is -2.07. The molecule has 1 heterocycles. The van der Waals surface area contributed by atoms with Crippen LogP contribution >= 0.6 is 11.6 Å². The molecular formula is C16H18ClN3O. The van der Waals surface area contributed by atoms with Crippen LogP contribution in [0.4, 0.5) is 11.5 Å². The summed E-state index contributed by atoms with van der Waals surface area (Å²) in [4.78, 5) is 16.4. The van der Waals surface area contributed by atoms with Crippen molar-refractivity contribution in [3.05, 3.63) is 52.7 Å². The first-order chi connectivity index (χ1) is 10.1. The maximum atomic E-state index is 12.3. The second-order valence-electron chi connectivity index (χ2n) is 4.81. The van der Waals surface area contributed by atoms with Gasteiger partial charge < -0.3 is 10.6 Å². The topological polar surface area (TPSA) is 54.0 Å². The van der Waals surface area contributed by atoms with Crippen molar-refractivity contribution in [2.24, 2.45) is 0 Å². The van der Waals surface area contributed by atoms with Crippen LogP contribution in [0.2, 0.25) is 5.15 Å². The highest BCUT2D eigenvalue weighted by Crippen LogP contribution is 2.17. The van der Waals surface area contributed by atoms with E-state index in [-0.39, 0.29) is 5.91 Å². The van der Waals surface area contributed by atoms with Crippen molar-refractivity contribution in [1.29, 1.82) is 0 Å². The zero-order valence-electron chi connectivity index (χ0n) is 12.1. The number of halogens is 1. The molecular weight excluding hydrogens is 286 g/mol. The van der Waals surface area contributed by atoms with Crippen LogP contribution in [-0.4, -0.2) is 17.4 Å². The number of benzene rings is 1. The number of anilines is 2. The second-order valence-corrected chi connectivity index (χ2v) is 5.20. The van der Waals surface area contributed by atoms with Gasteiger partial charge in [0.25, 0.3) is 5.91 Å². The van der Waals surface area contributed by atoms with Gasteiger partial charge in [-0.15, -0.1) is 0 Å². The number of nitrogens with one attached hydrogen (secondary N) is 2. The van der Waals surface area contributed by atoms with Gasteiger partial charge in [-0.2, -0.15) is 0 Å². The van der Waals surface area contributed by atoms with Crippen LogP contribution in [0.3, 0.4) is 0 Å². The van der Waals surface area contributed by atoms with Gasteiger partial charge in [0.1, 0.15) is 11.0 Å². The summed E-state index contributed by atoms with van der Waals surface area (Å²) in [5.74, 6) is 0.404.